The lowest BCUT2D eigenvalue weighted by molar-refractivity contribution is -0.163. The number of aliphatic carboxylic acids is 1. The Morgan fingerprint density at radius 1 is 1.39 bits per heavy atom. The molecule has 1 saturated carbocycles. The number of benzene rings is 1. The highest BCUT2D eigenvalue weighted by Crippen LogP contribution is 2.54. The summed E-state index contributed by atoms with van der Waals surface area (Å²) in [6.45, 7) is 0. The van der Waals surface area contributed by atoms with Crippen molar-refractivity contribution in [3.8, 4) is 0 Å². The standard InChI is InChI=1S/C12H11N3O3/c13-15-14-10(16)12(11(17)18)7-6-9(12)8-4-2-1-3-5-8/h1-5,9H,6-7H2,(H,17,18). The maximum Gasteiger partial charge on any atom is 0.318 e. The number of amides is 1. The molecule has 2 atom stereocenters. The van der Waals surface area contributed by atoms with E-state index in [-0.39, 0.29) is 6.42 Å². The molecule has 1 aliphatic carbocycles. The summed E-state index contributed by atoms with van der Waals surface area (Å²) in [4.78, 5) is 25.6. The second kappa shape index (κ2) is 4.50. The molecule has 1 N–H and O–H groups in total. The fourth-order valence-corrected chi connectivity index (χ4v) is 2.45. The summed E-state index contributed by atoms with van der Waals surface area (Å²) in [6, 6.07) is 8.96. The molecule has 0 aromatic heterocycles. The highest BCUT2D eigenvalue weighted by molar-refractivity contribution is 6.04. The van der Waals surface area contributed by atoms with Gasteiger partial charge in [0.05, 0.1) is 0 Å². The van der Waals surface area contributed by atoms with Gasteiger partial charge in [0.2, 0.25) is 5.91 Å². The van der Waals surface area contributed by atoms with E-state index in [9.17, 15) is 14.7 Å². The van der Waals surface area contributed by atoms with Crippen LogP contribution in [0.5, 0.6) is 0 Å². The van der Waals surface area contributed by atoms with Crippen LogP contribution in [0.3, 0.4) is 0 Å². The number of azide groups is 1. The Labute approximate surface area is 103 Å². The average molecular weight is 245 g/mol. The summed E-state index contributed by atoms with van der Waals surface area (Å²) in [5, 5.41) is 12.3. The lowest BCUT2D eigenvalue weighted by Crippen LogP contribution is -2.50. The van der Waals surface area contributed by atoms with Gasteiger partial charge in [-0.3, -0.25) is 9.59 Å². The average Bonchev–Trinajstić information content (AvgIpc) is 2.29. The van der Waals surface area contributed by atoms with Gasteiger partial charge in [0.1, 0.15) is 5.41 Å². The maximum atomic E-state index is 11.8. The third-order valence-corrected chi connectivity index (χ3v) is 3.52. The van der Waals surface area contributed by atoms with Gasteiger partial charge in [0.15, 0.2) is 0 Å². The van der Waals surface area contributed by atoms with Crippen LogP contribution in [-0.4, -0.2) is 17.0 Å². The molecule has 1 aromatic carbocycles. The van der Waals surface area contributed by atoms with Crippen molar-refractivity contribution in [3.05, 3.63) is 46.3 Å². The van der Waals surface area contributed by atoms with Crippen molar-refractivity contribution in [1.82, 2.24) is 0 Å². The van der Waals surface area contributed by atoms with Gasteiger partial charge in [-0.2, -0.15) is 0 Å². The van der Waals surface area contributed by atoms with Gasteiger partial charge >= 0.3 is 5.97 Å². The first-order valence-corrected chi connectivity index (χ1v) is 5.51. The van der Waals surface area contributed by atoms with E-state index in [1.807, 2.05) is 6.07 Å². The number of hydrogen-bond donors (Lipinski definition) is 1. The number of carboxylic acid groups (broad SMARTS) is 1. The predicted octanol–water partition coefficient (Wildman–Crippen LogP) is 2.47. The highest BCUT2D eigenvalue weighted by Gasteiger charge is 2.58. The molecule has 0 saturated heterocycles. The van der Waals surface area contributed by atoms with Crippen LogP contribution in [0.2, 0.25) is 0 Å². The number of carboxylic acids is 1. The molecule has 0 heterocycles. The van der Waals surface area contributed by atoms with Crippen LogP contribution in [-0.2, 0) is 9.59 Å². The molecule has 18 heavy (non-hydrogen) atoms. The molecule has 0 aliphatic heterocycles. The summed E-state index contributed by atoms with van der Waals surface area (Å²) < 4.78 is 0. The minimum Gasteiger partial charge on any atom is -0.480 e. The van der Waals surface area contributed by atoms with Crippen LogP contribution < -0.4 is 0 Å². The number of nitrogens with zero attached hydrogens (tertiary/aromatic N) is 3. The summed E-state index contributed by atoms with van der Waals surface area (Å²) >= 11 is 0. The van der Waals surface area contributed by atoms with Crippen molar-refractivity contribution in [1.29, 1.82) is 0 Å². The summed E-state index contributed by atoms with van der Waals surface area (Å²) in [5.41, 5.74) is 7.50. The monoisotopic (exact) mass is 245 g/mol. The van der Waals surface area contributed by atoms with E-state index in [2.05, 4.69) is 10.0 Å². The summed E-state index contributed by atoms with van der Waals surface area (Å²) in [6.07, 6.45) is 0.808. The summed E-state index contributed by atoms with van der Waals surface area (Å²) in [7, 11) is 0. The first kappa shape index (κ1) is 12.1. The predicted molar refractivity (Wildman–Crippen MR) is 62.6 cm³/mol. The Hall–Kier alpha value is -2.33. The van der Waals surface area contributed by atoms with E-state index in [0.29, 0.717) is 6.42 Å². The highest BCUT2D eigenvalue weighted by atomic mass is 16.4. The fraction of sp³-hybridized carbons (Fsp3) is 0.333. The Bertz CT molecular complexity index is 537. The Morgan fingerprint density at radius 3 is 2.50 bits per heavy atom. The van der Waals surface area contributed by atoms with E-state index >= 15 is 0 Å². The molecule has 1 fully saturated rings. The minimum atomic E-state index is -1.59. The van der Waals surface area contributed by atoms with Crippen LogP contribution in [0.25, 0.3) is 10.4 Å². The molecule has 0 spiro atoms. The first-order valence-electron chi connectivity index (χ1n) is 5.51. The molecule has 2 unspecified atom stereocenters. The number of carbonyl (C=O) groups excluding carboxylic acids is 1. The van der Waals surface area contributed by atoms with E-state index in [1.54, 1.807) is 24.3 Å². The van der Waals surface area contributed by atoms with Crippen molar-refractivity contribution in [3.63, 3.8) is 0 Å². The third-order valence-electron chi connectivity index (χ3n) is 3.52. The first-order chi connectivity index (χ1) is 8.63. The van der Waals surface area contributed by atoms with E-state index in [0.717, 1.165) is 5.56 Å². The zero-order valence-corrected chi connectivity index (χ0v) is 9.48. The zero-order valence-electron chi connectivity index (χ0n) is 9.48. The molecule has 92 valence electrons. The number of rotatable bonds is 3. The molecular formula is C12H11N3O3. The van der Waals surface area contributed by atoms with Crippen molar-refractivity contribution >= 4 is 11.9 Å². The lowest BCUT2D eigenvalue weighted by Gasteiger charge is -2.44. The lowest BCUT2D eigenvalue weighted by atomic mass is 9.57. The number of hydrogen-bond acceptors (Lipinski definition) is 2. The zero-order chi connectivity index (χ0) is 13.2. The molecule has 0 radical (unpaired) electrons. The quantitative estimate of drug-likeness (QED) is 0.383. The van der Waals surface area contributed by atoms with Gasteiger partial charge in [-0.15, -0.1) is 0 Å². The van der Waals surface area contributed by atoms with Crippen molar-refractivity contribution in [2.24, 2.45) is 10.5 Å². The summed E-state index contributed by atoms with van der Waals surface area (Å²) in [5.74, 6) is -2.55. The Morgan fingerprint density at radius 2 is 2.06 bits per heavy atom. The van der Waals surface area contributed by atoms with Gasteiger partial charge in [-0.05, 0) is 29.1 Å². The molecule has 0 bridgehead atoms. The third kappa shape index (κ3) is 1.63. The van der Waals surface area contributed by atoms with Crippen LogP contribution in [0.1, 0.15) is 24.3 Å². The second-order valence-corrected chi connectivity index (χ2v) is 4.27. The Balaban J connectivity index is 2.42. The molecule has 2 rings (SSSR count). The van der Waals surface area contributed by atoms with Crippen molar-refractivity contribution in [2.75, 3.05) is 0 Å². The van der Waals surface area contributed by atoms with Crippen LogP contribution in [0, 0.1) is 5.41 Å². The Kier molecular flexibility index (Phi) is 3.04. The second-order valence-electron chi connectivity index (χ2n) is 4.27. The van der Waals surface area contributed by atoms with Crippen LogP contribution in [0.4, 0.5) is 0 Å². The van der Waals surface area contributed by atoms with E-state index in [1.165, 1.54) is 0 Å². The van der Waals surface area contributed by atoms with Crippen LogP contribution >= 0.6 is 0 Å². The van der Waals surface area contributed by atoms with E-state index in [4.69, 9.17) is 5.53 Å². The van der Waals surface area contributed by atoms with Crippen molar-refractivity contribution < 1.29 is 14.7 Å². The normalized spacial score (nSPS) is 25.7. The molecular weight excluding hydrogens is 234 g/mol. The van der Waals surface area contributed by atoms with Gasteiger partial charge in [-0.25, -0.2) is 0 Å². The van der Waals surface area contributed by atoms with Gasteiger partial charge in [0.25, 0.3) is 0 Å². The van der Waals surface area contributed by atoms with Gasteiger partial charge < -0.3 is 5.11 Å². The maximum absolute atomic E-state index is 11.8. The van der Waals surface area contributed by atoms with Crippen molar-refractivity contribution in [2.45, 2.75) is 18.8 Å². The van der Waals surface area contributed by atoms with E-state index < -0.39 is 23.2 Å². The molecule has 1 amide bonds. The van der Waals surface area contributed by atoms with Crippen LogP contribution in [0.15, 0.2) is 35.4 Å². The molecule has 6 heteroatoms. The van der Waals surface area contributed by atoms with Gasteiger partial charge in [0, 0.05) is 10.8 Å². The van der Waals surface area contributed by atoms with Gasteiger partial charge in [-0.1, -0.05) is 30.3 Å². The smallest absolute Gasteiger partial charge is 0.318 e. The minimum absolute atomic E-state index is 0.208. The molecule has 6 nitrogen and oxygen atoms in total. The SMILES string of the molecule is [N-]=[N+]=NC(=O)C1(C(=O)O)CCC1c1ccccc1. The molecule has 1 aliphatic rings. The fourth-order valence-electron chi connectivity index (χ4n) is 2.45. The largest absolute Gasteiger partial charge is 0.480 e. The topological polar surface area (TPSA) is 103 Å². The number of carbonyl (C=O) groups is 2. The molecule has 1 aromatic rings.